The highest BCUT2D eigenvalue weighted by Crippen LogP contribution is 2.36. The van der Waals surface area contributed by atoms with Crippen molar-refractivity contribution in [2.75, 3.05) is 4.90 Å². The van der Waals surface area contributed by atoms with Crippen LogP contribution in [0.5, 0.6) is 0 Å². The SMILES string of the molecule is Cc1cc(-c2cccc(N3C=CN(C4CCCC4)[C@H]3C)c2C)[n+](C)cc1C. The van der Waals surface area contributed by atoms with Gasteiger partial charge in [-0.1, -0.05) is 18.9 Å². The van der Waals surface area contributed by atoms with Crippen molar-refractivity contribution >= 4 is 5.69 Å². The van der Waals surface area contributed by atoms with Gasteiger partial charge in [0.15, 0.2) is 6.20 Å². The van der Waals surface area contributed by atoms with E-state index < -0.39 is 0 Å². The highest BCUT2D eigenvalue weighted by Gasteiger charge is 2.31. The second kappa shape index (κ2) is 7.03. The van der Waals surface area contributed by atoms with E-state index in [-0.39, 0.29) is 0 Å². The Morgan fingerprint density at radius 2 is 1.74 bits per heavy atom. The molecule has 3 nitrogen and oxygen atoms in total. The molecule has 0 bridgehead atoms. The minimum absolute atomic E-state index is 0.385. The van der Waals surface area contributed by atoms with Crippen LogP contribution in [0.2, 0.25) is 0 Å². The lowest BCUT2D eigenvalue weighted by molar-refractivity contribution is -0.660. The number of hydrogen-bond acceptors (Lipinski definition) is 2. The topological polar surface area (TPSA) is 10.4 Å². The van der Waals surface area contributed by atoms with Gasteiger partial charge in [-0.3, -0.25) is 0 Å². The van der Waals surface area contributed by atoms with Crippen molar-refractivity contribution in [2.45, 2.75) is 65.6 Å². The highest BCUT2D eigenvalue weighted by atomic mass is 15.4. The number of anilines is 1. The third-order valence-corrected chi connectivity index (χ3v) is 6.58. The molecule has 1 aromatic carbocycles. The molecule has 27 heavy (non-hydrogen) atoms. The molecular formula is C24H32N3+. The maximum atomic E-state index is 2.56. The fourth-order valence-corrected chi connectivity index (χ4v) is 4.78. The monoisotopic (exact) mass is 362 g/mol. The normalized spacial score (nSPS) is 20.1. The van der Waals surface area contributed by atoms with Gasteiger partial charge < -0.3 is 9.80 Å². The molecule has 1 atom stereocenters. The van der Waals surface area contributed by atoms with Crippen molar-refractivity contribution in [3.8, 4) is 11.3 Å². The Bertz CT molecular complexity index is 877. The number of benzene rings is 1. The quantitative estimate of drug-likeness (QED) is 0.713. The van der Waals surface area contributed by atoms with Gasteiger partial charge in [0, 0.05) is 35.8 Å². The third-order valence-electron chi connectivity index (χ3n) is 6.58. The number of aromatic nitrogens is 1. The molecule has 0 N–H and O–H groups in total. The van der Waals surface area contributed by atoms with Crippen LogP contribution in [0, 0.1) is 20.8 Å². The van der Waals surface area contributed by atoms with Crippen molar-refractivity contribution < 1.29 is 4.57 Å². The summed E-state index contributed by atoms with van der Waals surface area (Å²) in [5, 5.41) is 0. The molecule has 142 valence electrons. The van der Waals surface area contributed by atoms with Crippen molar-refractivity contribution in [3.63, 3.8) is 0 Å². The van der Waals surface area contributed by atoms with E-state index in [9.17, 15) is 0 Å². The van der Waals surface area contributed by atoms with Crippen molar-refractivity contribution in [3.05, 3.63) is 59.6 Å². The molecule has 1 saturated carbocycles. The molecule has 0 spiro atoms. The summed E-state index contributed by atoms with van der Waals surface area (Å²) in [6, 6.07) is 9.74. The van der Waals surface area contributed by atoms with E-state index in [1.807, 2.05) is 0 Å². The highest BCUT2D eigenvalue weighted by molar-refractivity contribution is 5.72. The summed E-state index contributed by atoms with van der Waals surface area (Å²) >= 11 is 0. The fourth-order valence-electron chi connectivity index (χ4n) is 4.78. The molecule has 3 heteroatoms. The molecule has 1 aliphatic heterocycles. The molecule has 0 radical (unpaired) electrons. The molecule has 1 aliphatic carbocycles. The second-order valence-electron chi connectivity index (χ2n) is 8.31. The van der Waals surface area contributed by atoms with Crippen LogP contribution in [-0.2, 0) is 7.05 Å². The van der Waals surface area contributed by atoms with Crippen molar-refractivity contribution in [2.24, 2.45) is 7.05 Å². The number of aryl methyl sites for hydroxylation is 3. The molecular weight excluding hydrogens is 330 g/mol. The summed E-state index contributed by atoms with van der Waals surface area (Å²) < 4.78 is 2.25. The maximum Gasteiger partial charge on any atom is 0.212 e. The van der Waals surface area contributed by atoms with Gasteiger partial charge >= 0.3 is 0 Å². The second-order valence-corrected chi connectivity index (χ2v) is 8.31. The average Bonchev–Trinajstić information content (AvgIpc) is 3.28. The van der Waals surface area contributed by atoms with E-state index in [1.165, 1.54) is 59.3 Å². The van der Waals surface area contributed by atoms with E-state index in [0.717, 1.165) is 0 Å². The molecule has 0 unspecified atom stereocenters. The first kappa shape index (κ1) is 18.1. The Balaban J connectivity index is 1.69. The Morgan fingerprint density at radius 1 is 1.00 bits per heavy atom. The molecule has 2 heterocycles. The minimum atomic E-state index is 0.385. The van der Waals surface area contributed by atoms with Crippen LogP contribution in [0.3, 0.4) is 0 Å². The molecule has 0 amide bonds. The zero-order valence-electron chi connectivity index (χ0n) is 17.4. The zero-order valence-corrected chi connectivity index (χ0v) is 17.4. The van der Waals surface area contributed by atoms with Crippen LogP contribution in [0.1, 0.15) is 49.3 Å². The molecule has 2 aromatic rings. The van der Waals surface area contributed by atoms with Gasteiger partial charge in [-0.2, -0.15) is 0 Å². The van der Waals surface area contributed by atoms with Gasteiger partial charge in [-0.05, 0) is 63.8 Å². The minimum Gasteiger partial charge on any atom is -0.353 e. The summed E-state index contributed by atoms with van der Waals surface area (Å²) in [5.74, 6) is 0. The lowest BCUT2D eigenvalue weighted by Gasteiger charge is -2.34. The largest absolute Gasteiger partial charge is 0.353 e. The molecule has 1 aromatic heterocycles. The standard InChI is InChI=1S/C24H32N3/c1-17-15-24(25(5)16-18(17)2)22-11-8-12-23(19(22)3)27-14-13-26(20(27)4)21-9-6-7-10-21/h8,11-16,20-21H,6-7,9-10H2,1-5H3/q+1/t20-/m1/s1. The Kier molecular flexibility index (Phi) is 4.71. The van der Waals surface area contributed by atoms with Crippen molar-refractivity contribution in [1.29, 1.82) is 0 Å². The summed E-state index contributed by atoms with van der Waals surface area (Å²) in [7, 11) is 2.15. The van der Waals surface area contributed by atoms with E-state index in [2.05, 4.69) is 92.0 Å². The summed E-state index contributed by atoms with van der Waals surface area (Å²) in [5.41, 5.74) is 7.93. The van der Waals surface area contributed by atoms with E-state index >= 15 is 0 Å². The van der Waals surface area contributed by atoms with Crippen LogP contribution in [-0.4, -0.2) is 17.1 Å². The van der Waals surface area contributed by atoms with Gasteiger partial charge in [-0.15, -0.1) is 0 Å². The first-order valence-corrected chi connectivity index (χ1v) is 10.3. The fraction of sp³-hybridized carbons (Fsp3) is 0.458. The average molecular weight is 363 g/mol. The molecule has 2 aliphatic rings. The lowest BCUT2D eigenvalue weighted by atomic mass is 10.00. The summed E-state index contributed by atoms with van der Waals surface area (Å²) in [6.45, 7) is 8.97. The Hall–Kier alpha value is -2.29. The third kappa shape index (κ3) is 3.13. The maximum absolute atomic E-state index is 2.56. The van der Waals surface area contributed by atoms with Gasteiger partial charge in [0.2, 0.25) is 5.69 Å². The van der Waals surface area contributed by atoms with Crippen LogP contribution in [0.4, 0.5) is 5.69 Å². The smallest absolute Gasteiger partial charge is 0.212 e. The number of rotatable bonds is 3. The van der Waals surface area contributed by atoms with Gasteiger partial charge in [0.1, 0.15) is 13.2 Å². The predicted octanol–water partition coefficient (Wildman–Crippen LogP) is 4.99. The van der Waals surface area contributed by atoms with E-state index in [1.54, 1.807) is 0 Å². The van der Waals surface area contributed by atoms with Crippen LogP contribution >= 0.6 is 0 Å². The summed E-state index contributed by atoms with van der Waals surface area (Å²) in [4.78, 5) is 5.01. The number of hydrogen-bond donors (Lipinski definition) is 0. The number of pyridine rings is 1. The molecule has 0 saturated heterocycles. The molecule has 1 fully saturated rings. The van der Waals surface area contributed by atoms with Gasteiger partial charge in [0.25, 0.3) is 0 Å². The van der Waals surface area contributed by atoms with Crippen LogP contribution in [0.25, 0.3) is 11.3 Å². The Labute approximate surface area is 163 Å². The Morgan fingerprint density at radius 3 is 2.48 bits per heavy atom. The predicted molar refractivity (Wildman–Crippen MR) is 112 cm³/mol. The summed E-state index contributed by atoms with van der Waals surface area (Å²) in [6.07, 6.45) is 12.6. The zero-order chi connectivity index (χ0) is 19.1. The van der Waals surface area contributed by atoms with Crippen LogP contribution < -0.4 is 9.47 Å². The molecule has 4 rings (SSSR count). The lowest BCUT2D eigenvalue weighted by Crippen LogP contribution is -2.41. The van der Waals surface area contributed by atoms with Gasteiger partial charge in [-0.25, -0.2) is 4.57 Å². The van der Waals surface area contributed by atoms with E-state index in [0.29, 0.717) is 12.2 Å². The van der Waals surface area contributed by atoms with E-state index in [4.69, 9.17) is 0 Å². The first-order chi connectivity index (χ1) is 13.0. The van der Waals surface area contributed by atoms with Crippen LogP contribution in [0.15, 0.2) is 42.9 Å². The number of nitrogens with zero attached hydrogens (tertiary/aromatic N) is 3. The first-order valence-electron chi connectivity index (χ1n) is 10.3. The van der Waals surface area contributed by atoms with Gasteiger partial charge in [0.05, 0.1) is 5.56 Å². The van der Waals surface area contributed by atoms with Crippen molar-refractivity contribution in [1.82, 2.24) is 4.90 Å².